The van der Waals surface area contributed by atoms with Crippen molar-refractivity contribution >= 4 is 6.08 Å². The molecule has 1 atom stereocenters. The molecule has 1 aromatic carbocycles. The number of ether oxygens (including phenoxy) is 1. The second-order valence-electron chi connectivity index (χ2n) is 3.39. The molecule has 1 aliphatic rings. The van der Waals surface area contributed by atoms with Gasteiger partial charge in [-0.3, -0.25) is 0 Å². The number of epoxide rings is 1. The Labute approximate surface area is 82.4 Å². The predicted molar refractivity (Wildman–Crippen MR) is 51.7 cm³/mol. The normalized spacial score (nSPS) is 18.7. The van der Waals surface area contributed by atoms with Gasteiger partial charge in [0.2, 0.25) is 6.08 Å². The van der Waals surface area contributed by atoms with Crippen molar-refractivity contribution in [1.82, 2.24) is 0 Å². The number of carbonyl (C=O) groups excluding carboxylic acids is 1. The lowest BCUT2D eigenvalue weighted by atomic mass is 10.1. The smallest absolute Gasteiger partial charge is 0.235 e. The first-order valence-electron chi connectivity index (χ1n) is 4.61. The monoisotopic (exact) mass is 189 g/mol. The van der Waals surface area contributed by atoms with Crippen LogP contribution in [0.15, 0.2) is 29.3 Å². The highest BCUT2D eigenvalue weighted by Gasteiger charge is 2.22. The Hall–Kier alpha value is -1.44. The van der Waals surface area contributed by atoms with Crippen LogP contribution < -0.4 is 0 Å². The first kappa shape index (κ1) is 9.13. The highest BCUT2D eigenvalue weighted by atomic mass is 16.6. The summed E-state index contributed by atoms with van der Waals surface area (Å²) in [7, 11) is 0. The molecule has 0 radical (unpaired) electrons. The Balaban J connectivity index is 2.04. The molecule has 1 aliphatic heterocycles. The molecule has 1 unspecified atom stereocenters. The lowest BCUT2D eigenvalue weighted by molar-refractivity contribution is 0.407. The van der Waals surface area contributed by atoms with Crippen LogP contribution in [0.25, 0.3) is 0 Å². The second-order valence-corrected chi connectivity index (χ2v) is 3.39. The van der Waals surface area contributed by atoms with Gasteiger partial charge in [0.15, 0.2) is 0 Å². The number of nitrogens with zero attached hydrogens (tertiary/aromatic N) is 1. The van der Waals surface area contributed by atoms with Crippen LogP contribution in [-0.4, -0.2) is 18.8 Å². The third-order valence-corrected chi connectivity index (χ3v) is 2.18. The fourth-order valence-electron chi connectivity index (χ4n) is 1.43. The van der Waals surface area contributed by atoms with E-state index in [1.165, 1.54) is 11.6 Å². The van der Waals surface area contributed by atoms with E-state index < -0.39 is 0 Å². The second kappa shape index (κ2) is 4.18. The average Bonchev–Trinajstić information content (AvgIpc) is 2.99. The topological polar surface area (TPSA) is 42.0 Å². The molecule has 0 spiro atoms. The van der Waals surface area contributed by atoms with Gasteiger partial charge >= 0.3 is 0 Å². The number of aliphatic imine (C=N–C) groups is 1. The molecule has 0 bridgehead atoms. The maximum atomic E-state index is 9.94. The standard InChI is InChI=1S/C11H11NO2/c13-8-12-6-10-3-1-2-9(4-10)5-11-7-14-11/h1-4,11H,5-7H2. The minimum atomic E-state index is 0.403. The fraction of sp³-hybridized carbons (Fsp3) is 0.364. The molecule has 14 heavy (non-hydrogen) atoms. The maximum absolute atomic E-state index is 9.94. The number of hydrogen-bond acceptors (Lipinski definition) is 3. The molecule has 1 fully saturated rings. The fourth-order valence-corrected chi connectivity index (χ4v) is 1.43. The minimum absolute atomic E-state index is 0.403. The molecular formula is C11H11NO2. The Kier molecular flexibility index (Phi) is 2.73. The number of rotatable bonds is 4. The third-order valence-electron chi connectivity index (χ3n) is 2.18. The Morgan fingerprint density at radius 3 is 3.00 bits per heavy atom. The van der Waals surface area contributed by atoms with E-state index in [1.807, 2.05) is 12.1 Å². The number of isocyanates is 1. The zero-order chi connectivity index (χ0) is 9.80. The van der Waals surface area contributed by atoms with E-state index in [9.17, 15) is 4.79 Å². The van der Waals surface area contributed by atoms with Crippen molar-refractivity contribution in [3.05, 3.63) is 35.4 Å². The summed E-state index contributed by atoms with van der Waals surface area (Å²) < 4.78 is 5.15. The summed E-state index contributed by atoms with van der Waals surface area (Å²) in [5, 5.41) is 0. The van der Waals surface area contributed by atoms with E-state index >= 15 is 0 Å². The van der Waals surface area contributed by atoms with Crippen molar-refractivity contribution in [3.8, 4) is 0 Å². The molecule has 0 aliphatic carbocycles. The molecular weight excluding hydrogens is 178 g/mol. The summed E-state index contributed by atoms with van der Waals surface area (Å²) in [5.74, 6) is 0. The van der Waals surface area contributed by atoms with Gasteiger partial charge in [0, 0.05) is 6.42 Å². The van der Waals surface area contributed by atoms with Crippen LogP contribution in [-0.2, 0) is 22.5 Å². The van der Waals surface area contributed by atoms with E-state index in [2.05, 4.69) is 17.1 Å². The van der Waals surface area contributed by atoms with E-state index in [0.717, 1.165) is 18.6 Å². The molecule has 0 amide bonds. The molecule has 0 saturated carbocycles. The van der Waals surface area contributed by atoms with Crippen molar-refractivity contribution < 1.29 is 9.53 Å². The quantitative estimate of drug-likeness (QED) is 0.409. The van der Waals surface area contributed by atoms with E-state index in [0.29, 0.717) is 12.6 Å². The van der Waals surface area contributed by atoms with Crippen LogP contribution in [0.5, 0.6) is 0 Å². The molecule has 0 aromatic heterocycles. The van der Waals surface area contributed by atoms with Crippen LogP contribution in [0.2, 0.25) is 0 Å². The lowest BCUT2D eigenvalue weighted by Gasteiger charge is -2.00. The van der Waals surface area contributed by atoms with Gasteiger partial charge in [0.05, 0.1) is 19.3 Å². The third kappa shape index (κ3) is 2.52. The summed E-state index contributed by atoms with van der Waals surface area (Å²) in [4.78, 5) is 13.5. The maximum Gasteiger partial charge on any atom is 0.235 e. The Morgan fingerprint density at radius 2 is 2.29 bits per heavy atom. The van der Waals surface area contributed by atoms with E-state index in [-0.39, 0.29) is 0 Å². The highest BCUT2D eigenvalue weighted by Crippen LogP contribution is 2.17. The molecule has 1 aromatic rings. The summed E-state index contributed by atoms with van der Waals surface area (Å²) in [6, 6.07) is 8.06. The first-order chi connectivity index (χ1) is 6.88. The van der Waals surface area contributed by atoms with Crippen molar-refractivity contribution in [1.29, 1.82) is 0 Å². The van der Waals surface area contributed by atoms with Gasteiger partial charge < -0.3 is 4.74 Å². The Morgan fingerprint density at radius 1 is 1.50 bits per heavy atom. The zero-order valence-corrected chi connectivity index (χ0v) is 7.77. The van der Waals surface area contributed by atoms with Crippen LogP contribution >= 0.6 is 0 Å². The number of hydrogen-bond donors (Lipinski definition) is 0. The van der Waals surface area contributed by atoms with Crippen molar-refractivity contribution in [2.75, 3.05) is 6.61 Å². The van der Waals surface area contributed by atoms with Gasteiger partial charge in [-0.2, -0.15) is 0 Å². The zero-order valence-electron chi connectivity index (χ0n) is 7.77. The molecule has 0 N–H and O–H groups in total. The van der Waals surface area contributed by atoms with Gasteiger partial charge in [-0.25, -0.2) is 9.79 Å². The summed E-state index contributed by atoms with van der Waals surface area (Å²) in [6.45, 7) is 1.29. The SMILES string of the molecule is O=C=NCc1cccc(CC2CO2)c1. The molecule has 3 heteroatoms. The molecule has 3 nitrogen and oxygen atoms in total. The first-order valence-corrected chi connectivity index (χ1v) is 4.61. The molecule has 1 heterocycles. The van der Waals surface area contributed by atoms with Gasteiger partial charge in [0.25, 0.3) is 0 Å². The van der Waals surface area contributed by atoms with Gasteiger partial charge in [-0.15, -0.1) is 0 Å². The van der Waals surface area contributed by atoms with Crippen LogP contribution in [0, 0.1) is 0 Å². The van der Waals surface area contributed by atoms with Crippen molar-refractivity contribution in [2.45, 2.75) is 19.1 Å². The molecule has 1 saturated heterocycles. The van der Waals surface area contributed by atoms with E-state index in [4.69, 9.17) is 4.74 Å². The van der Waals surface area contributed by atoms with Gasteiger partial charge in [0.1, 0.15) is 0 Å². The van der Waals surface area contributed by atoms with Crippen molar-refractivity contribution in [3.63, 3.8) is 0 Å². The summed E-state index contributed by atoms with van der Waals surface area (Å²) in [6.07, 6.45) is 2.90. The predicted octanol–water partition coefficient (Wildman–Crippen LogP) is 1.46. The summed E-state index contributed by atoms with van der Waals surface area (Å²) >= 11 is 0. The van der Waals surface area contributed by atoms with Crippen molar-refractivity contribution in [2.24, 2.45) is 4.99 Å². The molecule has 72 valence electrons. The lowest BCUT2D eigenvalue weighted by Crippen LogP contribution is -1.93. The highest BCUT2D eigenvalue weighted by molar-refractivity contribution is 5.34. The van der Waals surface area contributed by atoms with Crippen LogP contribution in [0.3, 0.4) is 0 Å². The molecule has 2 rings (SSSR count). The van der Waals surface area contributed by atoms with Gasteiger partial charge in [-0.1, -0.05) is 24.3 Å². The minimum Gasteiger partial charge on any atom is -0.373 e. The summed E-state index contributed by atoms with van der Waals surface area (Å²) in [5.41, 5.74) is 2.29. The van der Waals surface area contributed by atoms with Gasteiger partial charge in [-0.05, 0) is 11.1 Å². The van der Waals surface area contributed by atoms with Crippen LogP contribution in [0.1, 0.15) is 11.1 Å². The number of benzene rings is 1. The van der Waals surface area contributed by atoms with Crippen LogP contribution in [0.4, 0.5) is 0 Å². The van der Waals surface area contributed by atoms with E-state index in [1.54, 1.807) is 0 Å². The average molecular weight is 189 g/mol. The Bertz CT molecular complexity index is 365. The largest absolute Gasteiger partial charge is 0.373 e.